The van der Waals surface area contributed by atoms with Gasteiger partial charge in [0.1, 0.15) is 0 Å². The summed E-state index contributed by atoms with van der Waals surface area (Å²) in [5.74, 6) is -1.05. The van der Waals surface area contributed by atoms with E-state index in [-0.39, 0.29) is 5.76 Å². The molecule has 3 rings (SSSR count). The Morgan fingerprint density at radius 3 is 2.95 bits per heavy atom. The SMILES string of the molecule is O=C(O)c1occc1Cn1ccc2c(Br)cccc21. The number of benzene rings is 1. The molecule has 96 valence electrons. The van der Waals surface area contributed by atoms with Gasteiger partial charge >= 0.3 is 5.97 Å². The minimum atomic E-state index is -1.04. The van der Waals surface area contributed by atoms with Crippen molar-refractivity contribution in [2.75, 3.05) is 0 Å². The standard InChI is InChI=1S/C14H10BrNO3/c15-11-2-1-3-12-10(11)4-6-16(12)8-9-5-7-19-13(9)14(17)18/h1-7H,8H2,(H,17,18). The van der Waals surface area contributed by atoms with Gasteiger partial charge in [0, 0.05) is 27.1 Å². The van der Waals surface area contributed by atoms with Crippen LogP contribution in [0.3, 0.4) is 0 Å². The first kappa shape index (κ1) is 12.0. The first-order chi connectivity index (χ1) is 9.16. The average molecular weight is 320 g/mol. The van der Waals surface area contributed by atoms with Crippen molar-refractivity contribution in [3.05, 3.63) is 58.6 Å². The number of hydrogen-bond acceptors (Lipinski definition) is 2. The predicted octanol–water partition coefficient (Wildman–Crippen LogP) is 3.74. The maximum atomic E-state index is 11.0. The lowest BCUT2D eigenvalue weighted by atomic mass is 10.2. The third-order valence-corrected chi connectivity index (χ3v) is 3.73. The van der Waals surface area contributed by atoms with Crippen LogP contribution in [0, 0.1) is 0 Å². The fourth-order valence-corrected chi connectivity index (χ4v) is 2.64. The van der Waals surface area contributed by atoms with E-state index in [1.165, 1.54) is 6.26 Å². The minimum absolute atomic E-state index is 0.00292. The van der Waals surface area contributed by atoms with Crippen LogP contribution in [0.2, 0.25) is 0 Å². The number of carbonyl (C=O) groups is 1. The van der Waals surface area contributed by atoms with Gasteiger partial charge in [-0.1, -0.05) is 22.0 Å². The molecule has 0 aliphatic carbocycles. The van der Waals surface area contributed by atoms with Gasteiger partial charge in [0.25, 0.3) is 0 Å². The van der Waals surface area contributed by atoms with Crippen molar-refractivity contribution in [2.24, 2.45) is 0 Å². The Morgan fingerprint density at radius 1 is 1.32 bits per heavy atom. The predicted molar refractivity (Wildman–Crippen MR) is 74.4 cm³/mol. The topological polar surface area (TPSA) is 55.4 Å². The fraction of sp³-hybridized carbons (Fsp3) is 0.0714. The fourth-order valence-electron chi connectivity index (χ4n) is 2.16. The summed E-state index contributed by atoms with van der Waals surface area (Å²) in [5.41, 5.74) is 1.71. The molecule has 1 aromatic carbocycles. The summed E-state index contributed by atoms with van der Waals surface area (Å²) in [6.07, 6.45) is 3.34. The van der Waals surface area contributed by atoms with Crippen LogP contribution < -0.4 is 0 Å². The summed E-state index contributed by atoms with van der Waals surface area (Å²) in [7, 11) is 0. The highest BCUT2D eigenvalue weighted by molar-refractivity contribution is 9.10. The summed E-state index contributed by atoms with van der Waals surface area (Å²) in [6, 6.07) is 9.62. The summed E-state index contributed by atoms with van der Waals surface area (Å²) < 4.78 is 8.01. The maximum Gasteiger partial charge on any atom is 0.372 e. The zero-order chi connectivity index (χ0) is 13.4. The Hall–Kier alpha value is -2.01. The molecule has 0 radical (unpaired) electrons. The molecule has 0 fully saturated rings. The Labute approximate surface area is 117 Å². The Bertz CT molecular complexity index is 757. The van der Waals surface area contributed by atoms with Crippen molar-refractivity contribution < 1.29 is 14.3 Å². The maximum absolute atomic E-state index is 11.0. The lowest BCUT2D eigenvalue weighted by Gasteiger charge is -2.04. The number of furan rings is 1. The quantitative estimate of drug-likeness (QED) is 0.800. The van der Waals surface area contributed by atoms with E-state index in [4.69, 9.17) is 9.52 Å². The molecule has 0 amide bonds. The smallest absolute Gasteiger partial charge is 0.372 e. The molecule has 0 aliphatic heterocycles. The average Bonchev–Trinajstić information content (AvgIpc) is 2.98. The van der Waals surface area contributed by atoms with Gasteiger partial charge in [-0.2, -0.15) is 0 Å². The van der Waals surface area contributed by atoms with Gasteiger partial charge in [0.05, 0.1) is 12.8 Å². The molecule has 0 aliphatic rings. The summed E-state index contributed by atoms with van der Waals surface area (Å²) >= 11 is 3.50. The normalized spacial score (nSPS) is 11.0. The van der Waals surface area contributed by atoms with Crippen molar-refractivity contribution in [2.45, 2.75) is 6.54 Å². The van der Waals surface area contributed by atoms with Crippen LogP contribution in [0.4, 0.5) is 0 Å². The zero-order valence-corrected chi connectivity index (χ0v) is 11.4. The van der Waals surface area contributed by atoms with Gasteiger partial charge in [-0.3, -0.25) is 0 Å². The van der Waals surface area contributed by atoms with Crippen LogP contribution >= 0.6 is 15.9 Å². The summed E-state index contributed by atoms with van der Waals surface area (Å²) in [5, 5.41) is 10.1. The highest BCUT2D eigenvalue weighted by Gasteiger charge is 2.15. The molecule has 5 heteroatoms. The van der Waals surface area contributed by atoms with E-state index in [0.717, 1.165) is 15.4 Å². The third-order valence-electron chi connectivity index (χ3n) is 3.04. The molecule has 2 aromatic heterocycles. The van der Waals surface area contributed by atoms with Crippen LogP contribution in [0.25, 0.3) is 10.9 Å². The van der Waals surface area contributed by atoms with E-state index < -0.39 is 5.97 Å². The van der Waals surface area contributed by atoms with Crippen molar-refractivity contribution in [1.82, 2.24) is 4.57 Å². The molecular formula is C14H10BrNO3. The van der Waals surface area contributed by atoms with Crippen molar-refractivity contribution in [3.63, 3.8) is 0 Å². The Kier molecular flexibility index (Phi) is 2.91. The number of fused-ring (bicyclic) bond motifs is 1. The molecule has 1 N–H and O–H groups in total. The number of aromatic carboxylic acids is 1. The zero-order valence-electron chi connectivity index (χ0n) is 9.84. The highest BCUT2D eigenvalue weighted by atomic mass is 79.9. The van der Waals surface area contributed by atoms with E-state index in [0.29, 0.717) is 12.1 Å². The first-order valence-electron chi connectivity index (χ1n) is 5.70. The van der Waals surface area contributed by atoms with Gasteiger partial charge in [0.15, 0.2) is 0 Å². The van der Waals surface area contributed by atoms with Crippen molar-refractivity contribution in [1.29, 1.82) is 0 Å². The van der Waals surface area contributed by atoms with E-state index in [2.05, 4.69) is 15.9 Å². The lowest BCUT2D eigenvalue weighted by molar-refractivity contribution is 0.0660. The minimum Gasteiger partial charge on any atom is -0.475 e. The number of carboxylic acid groups (broad SMARTS) is 1. The Balaban J connectivity index is 2.04. The lowest BCUT2D eigenvalue weighted by Crippen LogP contribution is -2.03. The number of hydrogen-bond donors (Lipinski definition) is 1. The van der Waals surface area contributed by atoms with E-state index in [1.807, 2.05) is 35.0 Å². The molecule has 0 atom stereocenters. The first-order valence-corrected chi connectivity index (χ1v) is 6.49. The number of aromatic nitrogens is 1. The van der Waals surface area contributed by atoms with Crippen molar-refractivity contribution >= 4 is 32.8 Å². The third kappa shape index (κ3) is 2.06. The molecule has 0 bridgehead atoms. The molecular weight excluding hydrogens is 310 g/mol. The van der Waals surface area contributed by atoms with Gasteiger partial charge < -0.3 is 14.1 Å². The Morgan fingerprint density at radius 2 is 2.16 bits per heavy atom. The van der Waals surface area contributed by atoms with Crippen LogP contribution in [0.1, 0.15) is 16.1 Å². The monoisotopic (exact) mass is 319 g/mol. The molecule has 4 nitrogen and oxygen atoms in total. The molecule has 2 heterocycles. The molecule has 3 aromatic rings. The largest absolute Gasteiger partial charge is 0.475 e. The molecule has 0 saturated heterocycles. The summed E-state index contributed by atoms with van der Waals surface area (Å²) in [4.78, 5) is 11.0. The van der Waals surface area contributed by atoms with Gasteiger partial charge in [-0.05, 0) is 24.3 Å². The number of rotatable bonds is 3. The second-order valence-corrected chi connectivity index (χ2v) is 5.05. The van der Waals surface area contributed by atoms with Crippen molar-refractivity contribution in [3.8, 4) is 0 Å². The van der Waals surface area contributed by atoms with E-state index >= 15 is 0 Å². The molecule has 0 spiro atoms. The van der Waals surface area contributed by atoms with Crippen LogP contribution in [-0.2, 0) is 6.54 Å². The molecule has 0 saturated carbocycles. The van der Waals surface area contributed by atoms with E-state index in [9.17, 15) is 4.79 Å². The van der Waals surface area contributed by atoms with Gasteiger partial charge in [-0.25, -0.2) is 4.79 Å². The summed E-state index contributed by atoms with van der Waals surface area (Å²) in [6.45, 7) is 0.470. The van der Waals surface area contributed by atoms with Gasteiger partial charge in [0.2, 0.25) is 5.76 Å². The second-order valence-electron chi connectivity index (χ2n) is 4.20. The molecule has 0 unspecified atom stereocenters. The number of halogens is 1. The van der Waals surface area contributed by atoms with Crippen LogP contribution in [0.5, 0.6) is 0 Å². The molecule has 19 heavy (non-hydrogen) atoms. The number of carboxylic acids is 1. The van der Waals surface area contributed by atoms with Crippen LogP contribution in [-0.4, -0.2) is 15.6 Å². The van der Waals surface area contributed by atoms with Gasteiger partial charge in [-0.15, -0.1) is 0 Å². The highest BCUT2D eigenvalue weighted by Crippen LogP contribution is 2.25. The van der Waals surface area contributed by atoms with Crippen LogP contribution in [0.15, 0.2) is 51.7 Å². The van der Waals surface area contributed by atoms with E-state index in [1.54, 1.807) is 6.07 Å². The second kappa shape index (κ2) is 4.59. The number of nitrogens with zero attached hydrogens (tertiary/aromatic N) is 1.